The Kier molecular flexibility index (Phi) is 3.30. The van der Waals surface area contributed by atoms with E-state index in [0.29, 0.717) is 5.78 Å². The summed E-state index contributed by atoms with van der Waals surface area (Å²) in [5.74, 6) is 0.353. The number of carbonyl (C=O) groups excluding carboxylic acids is 1. The highest BCUT2D eigenvalue weighted by molar-refractivity contribution is 5.95. The average molecular weight is 153 g/mol. The number of hydrogen-bond acceptors (Lipinski definition) is 2. The van der Waals surface area contributed by atoms with Gasteiger partial charge < -0.3 is 5.32 Å². The molecule has 0 aromatic rings. The normalized spacial score (nSPS) is 22.6. The minimum atomic E-state index is 0.353. The van der Waals surface area contributed by atoms with Gasteiger partial charge in [0.25, 0.3) is 0 Å². The van der Waals surface area contributed by atoms with E-state index in [2.05, 4.69) is 5.32 Å². The van der Waals surface area contributed by atoms with Crippen LogP contribution in [0.4, 0.5) is 0 Å². The lowest BCUT2D eigenvalue weighted by Crippen LogP contribution is -2.12. The molecule has 1 aliphatic rings. The van der Waals surface area contributed by atoms with Crippen LogP contribution in [-0.2, 0) is 4.79 Å². The van der Waals surface area contributed by atoms with E-state index in [1.54, 1.807) is 0 Å². The van der Waals surface area contributed by atoms with E-state index in [9.17, 15) is 4.79 Å². The van der Waals surface area contributed by atoms with Gasteiger partial charge in [0.05, 0.1) is 0 Å². The molecule has 11 heavy (non-hydrogen) atoms. The van der Waals surface area contributed by atoms with Crippen molar-refractivity contribution < 1.29 is 4.79 Å². The molecule has 2 nitrogen and oxygen atoms in total. The summed E-state index contributed by atoms with van der Waals surface area (Å²) in [6.45, 7) is 0.821. The molecule has 0 atom stereocenters. The SMILES string of the molecule is CNC/C=C1/CCCCC1=O. The minimum absolute atomic E-state index is 0.353. The second kappa shape index (κ2) is 4.29. The predicted molar refractivity (Wildman–Crippen MR) is 45.5 cm³/mol. The third-order valence-corrected chi connectivity index (χ3v) is 2.01. The van der Waals surface area contributed by atoms with Crippen molar-refractivity contribution in [2.45, 2.75) is 25.7 Å². The highest BCUT2D eigenvalue weighted by atomic mass is 16.1. The number of Topliss-reactive ketones (excluding diaryl/α,β-unsaturated/α-hetero) is 1. The van der Waals surface area contributed by atoms with Gasteiger partial charge >= 0.3 is 0 Å². The molecule has 0 spiro atoms. The summed E-state index contributed by atoms with van der Waals surface area (Å²) >= 11 is 0. The lowest BCUT2D eigenvalue weighted by molar-refractivity contribution is -0.116. The Hall–Kier alpha value is -0.630. The van der Waals surface area contributed by atoms with Gasteiger partial charge in [-0.2, -0.15) is 0 Å². The lowest BCUT2D eigenvalue weighted by atomic mass is 9.93. The number of carbonyl (C=O) groups is 1. The maximum absolute atomic E-state index is 11.2. The molecular weight excluding hydrogens is 138 g/mol. The fourth-order valence-corrected chi connectivity index (χ4v) is 1.34. The molecule has 1 saturated carbocycles. The number of ketones is 1. The topological polar surface area (TPSA) is 29.1 Å². The Bertz CT molecular complexity index is 172. The van der Waals surface area contributed by atoms with E-state index in [-0.39, 0.29) is 0 Å². The van der Waals surface area contributed by atoms with Crippen molar-refractivity contribution in [3.05, 3.63) is 11.6 Å². The molecule has 2 heteroatoms. The van der Waals surface area contributed by atoms with Gasteiger partial charge in [0, 0.05) is 13.0 Å². The molecule has 0 aromatic heterocycles. The number of nitrogens with one attached hydrogen (secondary N) is 1. The second-order valence-electron chi connectivity index (χ2n) is 2.92. The van der Waals surface area contributed by atoms with E-state index >= 15 is 0 Å². The van der Waals surface area contributed by atoms with Crippen molar-refractivity contribution in [2.24, 2.45) is 0 Å². The van der Waals surface area contributed by atoms with Crippen molar-refractivity contribution >= 4 is 5.78 Å². The van der Waals surface area contributed by atoms with Crippen LogP contribution in [0.1, 0.15) is 25.7 Å². The minimum Gasteiger partial charge on any atom is -0.316 e. The fraction of sp³-hybridized carbons (Fsp3) is 0.667. The van der Waals surface area contributed by atoms with Gasteiger partial charge in [-0.3, -0.25) is 4.79 Å². The first-order chi connectivity index (χ1) is 5.34. The molecule has 1 fully saturated rings. The van der Waals surface area contributed by atoms with E-state index in [4.69, 9.17) is 0 Å². The number of rotatable bonds is 2. The molecule has 1 aliphatic carbocycles. The van der Waals surface area contributed by atoms with Crippen LogP contribution in [0.2, 0.25) is 0 Å². The molecule has 0 bridgehead atoms. The van der Waals surface area contributed by atoms with Crippen LogP contribution < -0.4 is 5.32 Å². The first-order valence-electron chi connectivity index (χ1n) is 4.21. The van der Waals surface area contributed by atoms with E-state index in [0.717, 1.165) is 31.4 Å². The van der Waals surface area contributed by atoms with Gasteiger partial charge in [-0.25, -0.2) is 0 Å². The molecule has 0 radical (unpaired) electrons. The molecule has 0 aromatic carbocycles. The van der Waals surface area contributed by atoms with Gasteiger partial charge in [0.2, 0.25) is 0 Å². The summed E-state index contributed by atoms with van der Waals surface area (Å²) in [5, 5.41) is 3.01. The highest BCUT2D eigenvalue weighted by Gasteiger charge is 2.13. The Balaban J connectivity index is 2.47. The molecule has 62 valence electrons. The molecule has 0 aliphatic heterocycles. The summed E-state index contributed by atoms with van der Waals surface area (Å²) < 4.78 is 0. The summed E-state index contributed by atoms with van der Waals surface area (Å²) in [6, 6.07) is 0. The smallest absolute Gasteiger partial charge is 0.158 e. The van der Waals surface area contributed by atoms with Crippen molar-refractivity contribution in [3.63, 3.8) is 0 Å². The van der Waals surface area contributed by atoms with E-state index in [1.807, 2.05) is 13.1 Å². The first-order valence-corrected chi connectivity index (χ1v) is 4.21. The molecule has 1 rings (SSSR count). The van der Waals surface area contributed by atoms with Crippen LogP contribution in [0.25, 0.3) is 0 Å². The standard InChI is InChI=1S/C9H15NO/c1-10-7-6-8-4-2-3-5-9(8)11/h6,10H,2-5,7H2,1H3/b8-6-. The van der Waals surface area contributed by atoms with E-state index < -0.39 is 0 Å². The van der Waals surface area contributed by atoms with Gasteiger partial charge in [-0.15, -0.1) is 0 Å². The van der Waals surface area contributed by atoms with Crippen molar-refractivity contribution in [3.8, 4) is 0 Å². The summed E-state index contributed by atoms with van der Waals surface area (Å²) in [7, 11) is 1.89. The quantitative estimate of drug-likeness (QED) is 0.605. The Morgan fingerprint density at radius 1 is 1.45 bits per heavy atom. The Morgan fingerprint density at radius 3 is 2.82 bits per heavy atom. The molecule has 0 amide bonds. The van der Waals surface area contributed by atoms with Crippen LogP contribution in [0.3, 0.4) is 0 Å². The van der Waals surface area contributed by atoms with Crippen LogP contribution in [-0.4, -0.2) is 19.4 Å². The summed E-state index contributed by atoms with van der Waals surface area (Å²) in [4.78, 5) is 11.2. The first kappa shape index (κ1) is 8.47. The lowest BCUT2D eigenvalue weighted by Gasteiger charge is -2.11. The molecule has 1 N–H and O–H groups in total. The second-order valence-corrected chi connectivity index (χ2v) is 2.92. The van der Waals surface area contributed by atoms with Crippen molar-refractivity contribution in [1.82, 2.24) is 5.32 Å². The largest absolute Gasteiger partial charge is 0.316 e. The monoisotopic (exact) mass is 153 g/mol. The third kappa shape index (κ3) is 2.46. The molecule has 0 heterocycles. The van der Waals surface area contributed by atoms with Crippen LogP contribution in [0, 0.1) is 0 Å². The van der Waals surface area contributed by atoms with Crippen LogP contribution >= 0.6 is 0 Å². The van der Waals surface area contributed by atoms with Crippen LogP contribution in [0.15, 0.2) is 11.6 Å². The molecule has 0 unspecified atom stereocenters. The fourth-order valence-electron chi connectivity index (χ4n) is 1.34. The van der Waals surface area contributed by atoms with Gasteiger partial charge in [-0.1, -0.05) is 6.08 Å². The zero-order chi connectivity index (χ0) is 8.10. The average Bonchev–Trinajstić information content (AvgIpc) is 2.03. The summed E-state index contributed by atoms with van der Waals surface area (Å²) in [5.41, 5.74) is 1.03. The van der Waals surface area contributed by atoms with Gasteiger partial charge in [-0.05, 0) is 31.9 Å². The van der Waals surface area contributed by atoms with Gasteiger partial charge in [0.15, 0.2) is 5.78 Å². The van der Waals surface area contributed by atoms with Crippen molar-refractivity contribution in [2.75, 3.05) is 13.6 Å². The molecular formula is C9H15NO. The zero-order valence-electron chi connectivity index (χ0n) is 7.02. The molecule has 0 saturated heterocycles. The number of hydrogen-bond donors (Lipinski definition) is 1. The van der Waals surface area contributed by atoms with Crippen molar-refractivity contribution in [1.29, 1.82) is 0 Å². The number of allylic oxidation sites excluding steroid dienone is 1. The summed E-state index contributed by atoms with van der Waals surface area (Å²) in [6.07, 6.45) is 6.02. The van der Waals surface area contributed by atoms with E-state index in [1.165, 1.54) is 6.42 Å². The third-order valence-electron chi connectivity index (χ3n) is 2.01. The maximum atomic E-state index is 11.2. The Morgan fingerprint density at radius 2 is 2.18 bits per heavy atom. The highest BCUT2D eigenvalue weighted by Crippen LogP contribution is 2.18. The van der Waals surface area contributed by atoms with Crippen LogP contribution in [0.5, 0.6) is 0 Å². The maximum Gasteiger partial charge on any atom is 0.158 e. The Labute approximate surface area is 67.7 Å². The predicted octanol–water partition coefficient (Wildman–Crippen LogP) is 1.28. The zero-order valence-corrected chi connectivity index (χ0v) is 7.02. The van der Waals surface area contributed by atoms with Gasteiger partial charge in [0.1, 0.15) is 0 Å². The number of likely N-dealkylation sites (N-methyl/N-ethyl adjacent to an activating group) is 1.